The molecule has 1 aromatic heterocycles. The number of carbonyl (C=O) groups excluding carboxylic acids is 1. The van der Waals surface area contributed by atoms with E-state index in [2.05, 4.69) is 20.8 Å². The van der Waals surface area contributed by atoms with Crippen LogP contribution in [0.25, 0.3) is 11.4 Å². The van der Waals surface area contributed by atoms with Crippen LogP contribution in [0, 0.1) is 0 Å². The van der Waals surface area contributed by atoms with Crippen LogP contribution in [0.4, 0.5) is 5.69 Å². The van der Waals surface area contributed by atoms with E-state index in [-0.39, 0.29) is 11.9 Å². The molecule has 1 aliphatic heterocycles. The maximum absolute atomic E-state index is 12.2. The van der Waals surface area contributed by atoms with Gasteiger partial charge in [-0.2, -0.15) is 11.8 Å². The topological polar surface area (TPSA) is 71.8 Å². The van der Waals surface area contributed by atoms with Crippen LogP contribution in [0.2, 0.25) is 0 Å². The van der Waals surface area contributed by atoms with Gasteiger partial charge < -0.3 is 15.2 Å². The van der Waals surface area contributed by atoms with E-state index >= 15 is 0 Å². The molecule has 1 fully saturated rings. The zero-order valence-corrected chi connectivity index (χ0v) is 12.6. The van der Waals surface area contributed by atoms with E-state index in [0.29, 0.717) is 0 Å². The lowest BCUT2D eigenvalue weighted by Gasteiger charge is -2.22. The van der Waals surface area contributed by atoms with E-state index in [1.165, 1.54) is 0 Å². The van der Waals surface area contributed by atoms with Crippen molar-refractivity contribution >= 4 is 23.4 Å². The molecule has 1 aromatic carbocycles. The van der Waals surface area contributed by atoms with Crippen LogP contribution in [0.1, 0.15) is 0 Å². The van der Waals surface area contributed by atoms with E-state index in [9.17, 15) is 4.79 Å². The lowest BCUT2D eigenvalue weighted by molar-refractivity contribution is -0.117. The largest absolute Gasteiger partial charge is 0.325 e. The van der Waals surface area contributed by atoms with Gasteiger partial charge in [-0.05, 0) is 12.1 Å². The molecular weight excluding hydrogens is 286 g/mol. The molecule has 1 aliphatic rings. The number of thioether (sulfide) groups is 1. The fraction of sp³-hybridized carbons (Fsp3) is 0.357. The molecule has 1 unspecified atom stereocenters. The van der Waals surface area contributed by atoms with Crippen molar-refractivity contribution in [3.63, 3.8) is 0 Å². The number of carbonyl (C=O) groups is 1. The normalized spacial score (nSPS) is 18.4. The van der Waals surface area contributed by atoms with Crippen molar-refractivity contribution in [1.29, 1.82) is 0 Å². The maximum Gasteiger partial charge on any atom is 0.242 e. The summed E-state index contributed by atoms with van der Waals surface area (Å²) in [5.41, 5.74) is 1.71. The summed E-state index contributed by atoms with van der Waals surface area (Å²) in [6.07, 6.45) is 1.66. The number of hydrogen-bond acceptors (Lipinski definition) is 5. The summed E-state index contributed by atoms with van der Waals surface area (Å²) in [4.78, 5) is 12.2. The van der Waals surface area contributed by atoms with Gasteiger partial charge in [0, 0.05) is 36.3 Å². The zero-order valence-electron chi connectivity index (χ0n) is 11.7. The Kier molecular flexibility index (Phi) is 4.21. The Balaban J connectivity index is 1.74. The first-order valence-corrected chi connectivity index (χ1v) is 7.96. The van der Waals surface area contributed by atoms with Gasteiger partial charge in [0.25, 0.3) is 0 Å². The molecule has 21 heavy (non-hydrogen) atoms. The third kappa shape index (κ3) is 3.25. The van der Waals surface area contributed by atoms with Gasteiger partial charge in [-0.25, -0.2) is 0 Å². The van der Waals surface area contributed by atoms with Crippen LogP contribution in [0.15, 0.2) is 30.6 Å². The fourth-order valence-electron chi connectivity index (χ4n) is 2.24. The number of anilines is 1. The summed E-state index contributed by atoms with van der Waals surface area (Å²) in [6, 6.07) is 7.53. The molecule has 6 nitrogen and oxygen atoms in total. The molecule has 1 amide bonds. The molecule has 1 saturated heterocycles. The second-order valence-corrected chi connectivity index (χ2v) is 6.07. The molecule has 0 radical (unpaired) electrons. The standard InChI is InChI=1S/C14H17N5OS/c1-19-9-16-18-13(19)10-3-2-4-11(7-10)17-14(20)12-8-21-6-5-15-12/h2-4,7,9,12,15H,5-6,8H2,1H3,(H,17,20). The van der Waals surface area contributed by atoms with Gasteiger partial charge >= 0.3 is 0 Å². The Morgan fingerprint density at radius 1 is 1.52 bits per heavy atom. The Bertz CT molecular complexity index is 636. The molecule has 1 atom stereocenters. The van der Waals surface area contributed by atoms with Gasteiger partial charge in [0.2, 0.25) is 5.91 Å². The van der Waals surface area contributed by atoms with Crippen molar-refractivity contribution < 1.29 is 4.79 Å². The first-order valence-electron chi connectivity index (χ1n) is 6.80. The number of benzene rings is 1. The summed E-state index contributed by atoms with van der Waals surface area (Å²) in [6.45, 7) is 0.877. The second kappa shape index (κ2) is 6.28. The number of nitrogens with zero attached hydrogens (tertiary/aromatic N) is 3. The summed E-state index contributed by atoms with van der Waals surface area (Å²) >= 11 is 1.80. The van der Waals surface area contributed by atoms with Crippen molar-refractivity contribution in [1.82, 2.24) is 20.1 Å². The lowest BCUT2D eigenvalue weighted by Crippen LogP contribution is -2.46. The van der Waals surface area contributed by atoms with Crippen molar-refractivity contribution in [2.75, 3.05) is 23.4 Å². The lowest BCUT2D eigenvalue weighted by atomic mass is 10.2. The van der Waals surface area contributed by atoms with Crippen molar-refractivity contribution in [2.45, 2.75) is 6.04 Å². The first kappa shape index (κ1) is 14.1. The predicted octanol–water partition coefficient (Wildman–Crippen LogP) is 1.13. The number of hydrogen-bond donors (Lipinski definition) is 2. The number of rotatable bonds is 3. The third-order valence-corrected chi connectivity index (χ3v) is 4.40. The average molecular weight is 303 g/mol. The molecule has 2 heterocycles. The summed E-state index contributed by atoms with van der Waals surface area (Å²) < 4.78 is 1.85. The highest BCUT2D eigenvalue weighted by atomic mass is 32.2. The average Bonchev–Trinajstić information content (AvgIpc) is 2.94. The number of amides is 1. The van der Waals surface area contributed by atoms with E-state index in [1.807, 2.05) is 35.9 Å². The van der Waals surface area contributed by atoms with Gasteiger partial charge in [-0.1, -0.05) is 12.1 Å². The van der Waals surface area contributed by atoms with Crippen molar-refractivity contribution in [3.05, 3.63) is 30.6 Å². The number of aryl methyl sites for hydroxylation is 1. The SMILES string of the molecule is Cn1cnnc1-c1cccc(NC(=O)C2CSCCN2)c1. The van der Waals surface area contributed by atoms with Crippen molar-refractivity contribution in [2.24, 2.45) is 7.05 Å². The Labute approximate surface area is 127 Å². The van der Waals surface area contributed by atoms with Crippen LogP contribution < -0.4 is 10.6 Å². The van der Waals surface area contributed by atoms with Gasteiger partial charge in [0.05, 0.1) is 6.04 Å². The second-order valence-electron chi connectivity index (χ2n) is 4.92. The summed E-state index contributed by atoms with van der Waals surface area (Å²) in [5, 5.41) is 14.1. The van der Waals surface area contributed by atoms with E-state index in [0.717, 1.165) is 35.1 Å². The summed E-state index contributed by atoms with van der Waals surface area (Å²) in [5.74, 6) is 2.66. The Morgan fingerprint density at radius 3 is 3.14 bits per heavy atom. The maximum atomic E-state index is 12.2. The van der Waals surface area contributed by atoms with Gasteiger partial charge in [0.1, 0.15) is 6.33 Å². The minimum Gasteiger partial charge on any atom is -0.325 e. The smallest absolute Gasteiger partial charge is 0.242 e. The third-order valence-electron chi connectivity index (χ3n) is 3.34. The zero-order chi connectivity index (χ0) is 14.7. The van der Waals surface area contributed by atoms with Crippen molar-refractivity contribution in [3.8, 4) is 11.4 Å². The molecule has 0 bridgehead atoms. The van der Waals surface area contributed by atoms with E-state index < -0.39 is 0 Å². The molecule has 0 aliphatic carbocycles. The van der Waals surface area contributed by atoms with E-state index in [4.69, 9.17) is 0 Å². The molecule has 2 aromatic rings. The van der Waals surface area contributed by atoms with Gasteiger partial charge in [-0.3, -0.25) is 4.79 Å². The molecular formula is C14H17N5OS. The molecule has 3 rings (SSSR count). The first-order chi connectivity index (χ1) is 10.2. The highest BCUT2D eigenvalue weighted by Crippen LogP contribution is 2.20. The quantitative estimate of drug-likeness (QED) is 0.889. The van der Waals surface area contributed by atoms with Crippen LogP contribution in [-0.4, -0.2) is 44.8 Å². The molecule has 0 spiro atoms. The fourth-order valence-corrected chi connectivity index (χ4v) is 3.18. The molecule has 7 heteroatoms. The van der Waals surface area contributed by atoms with Gasteiger partial charge in [0.15, 0.2) is 5.82 Å². The van der Waals surface area contributed by atoms with E-state index in [1.54, 1.807) is 18.1 Å². The molecule has 2 N–H and O–H groups in total. The summed E-state index contributed by atoms with van der Waals surface area (Å²) in [7, 11) is 1.89. The minimum absolute atomic E-state index is 0.0114. The Hall–Kier alpha value is -1.86. The van der Waals surface area contributed by atoms with Crippen LogP contribution in [-0.2, 0) is 11.8 Å². The molecule has 110 valence electrons. The van der Waals surface area contributed by atoms with Crippen LogP contribution >= 0.6 is 11.8 Å². The highest BCUT2D eigenvalue weighted by Gasteiger charge is 2.20. The number of nitrogens with one attached hydrogen (secondary N) is 2. The monoisotopic (exact) mass is 303 g/mol. The predicted molar refractivity (Wildman–Crippen MR) is 84.2 cm³/mol. The minimum atomic E-state index is -0.123. The highest BCUT2D eigenvalue weighted by molar-refractivity contribution is 7.99. The molecule has 0 saturated carbocycles. The van der Waals surface area contributed by atoms with Crippen LogP contribution in [0.3, 0.4) is 0 Å². The van der Waals surface area contributed by atoms with Gasteiger partial charge in [-0.15, -0.1) is 10.2 Å². The Morgan fingerprint density at radius 2 is 2.43 bits per heavy atom. The van der Waals surface area contributed by atoms with Crippen LogP contribution in [0.5, 0.6) is 0 Å². The number of aromatic nitrogens is 3.